The van der Waals surface area contributed by atoms with Gasteiger partial charge < -0.3 is 14.6 Å². The summed E-state index contributed by atoms with van der Waals surface area (Å²) in [6.07, 6.45) is 6.61. The highest BCUT2D eigenvalue weighted by Gasteiger charge is 2.69. The number of halogens is 1. The molecule has 5 nitrogen and oxygen atoms in total. The van der Waals surface area contributed by atoms with Crippen LogP contribution in [0.15, 0.2) is 0 Å². The highest BCUT2D eigenvalue weighted by molar-refractivity contribution is 9.10. The molecule has 0 saturated heterocycles. The van der Waals surface area contributed by atoms with Gasteiger partial charge in [0.05, 0.1) is 6.61 Å². The molecule has 10 atom stereocenters. The van der Waals surface area contributed by atoms with Gasteiger partial charge in [-0.1, -0.05) is 36.7 Å². The van der Waals surface area contributed by atoms with Gasteiger partial charge in [0.25, 0.3) is 0 Å². The fraction of sp³-hybridized carbons (Fsp3) is 0.920. The lowest BCUT2D eigenvalue weighted by molar-refractivity contribution is -0.193. The van der Waals surface area contributed by atoms with E-state index in [1.54, 1.807) is 0 Å². The molecule has 0 aromatic heterocycles. The zero-order chi connectivity index (χ0) is 22.8. The zero-order valence-corrected chi connectivity index (χ0v) is 21.2. The number of rotatable bonds is 3. The molecule has 0 bridgehead atoms. The van der Waals surface area contributed by atoms with Crippen LogP contribution in [0.3, 0.4) is 0 Å². The summed E-state index contributed by atoms with van der Waals surface area (Å²) in [5, 5.41) is 11.0. The Hall–Kier alpha value is -0.620. The molecule has 0 unspecified atom stereocenters. The van der Waals surface area contributed by atoms with Crippen LogP contribution in [0, 0.1) is 40.4 Å². The fourth-order valence-electron chi connectivity index (χ4n) is 8.97. The molecular weight excluding hydrogens is 460 g/mol. The van der Waals surface area contributed by atoms with Crippen molar-refractivity contribution in [2.45, 2.75) is 96.1 Å². The van der Waals surface area contributed by atoms with Crippen LogP contribution in [0.4, 0.5) is 0 Å². The Balaban J connectivity index is 1.69. The number of esters is 2. The number of hydrogen-bond acceptors (Lipinski definition) is 5. The van der Waals surface area contributed by atoms with Gasteiger partial charge >= 0.3 is 11.9 Å². The minimum Gasteiger partial charge on any atom is -0.462 e. The maximum atomic E-state index is 11.7. The molecule has 0 amide bonds. The van der Waals surface area contributed by atoms with Crippen molar-refractivity contribution < 1.29 is 24.2 Å². The first-order valence-corrected chi connectivity index (χ1v) is 12.9. The van der Waals surface area contributed by atoms with E-state index in [-0.39, 0.29) is 51.8 Å². The van der Waals surface area contributed by atoms with Crippen molar-refractivity contribution in [2.75, 3.05) is 6.61 Å². The van der Waals surface area contributed by atoms with E-state index in [9.17, 15) is 14.7 Å². The van der Waals surface area contributed by atoms with Crippen LogP contribution < -0.4 is 0 Å². The van der Waals surface area contributed by atoms with Crippen molar-refractivity contribution in [1.29, 1.82) is 0 Å². The average molecular weight is 499 g/mol. The normalized spacial score (nSPS) is 51.3. The molecule has 6 heteroatoms. The highest BCUT2D eigenvalue weighted by Crippen LogP contribution is 2.71. The molecule has 0 spiro atoms. The largest absolute Gasteiger partial charge is 0.462 e. The minimum atomic E-state index is -0.227. The Bertz CT molecular complexity index is 741. The first-order chi connectivity index (χ1) is 14.5. The number of carbonyl (C=O) groups is 2. The first-order valence-electron chi connectivity index (χ1n) is 12.1. The maximum absolute atomic E-state index is 11.7. The highest BCUT2D eigenvalue weighted by atomic mass is 79.9. The zero-order valence-electron chi connectivity index (χ0n) is 19.7. The van der Waals surface area contributed by atoms with Gasteiger partial charge in [-0.15, -0.1) is 0 Å². The summed E-state index contributed by atoms with van der Waals surface area (Å²) < 4.78 is 11.2. The second kappa shape index (κ2) is 8.00. The lowest BCUT2D eigenvalue weighted by Crippen LogP contribution is -2.68. The van der Waals surface area contributed by atoms with Gasteiger partial charge in [0, 0.05) is 35.4 Å². The van der Waals surface area contributed by atoms with Crippen molar-refractivity contribution >= 4 is 27.9 Å². The van der Waals surface area contributed by atoms with Crippen molar-refractivity contribution in [2.24, 2.45) is 40.4 Å². The molecule has 31 heavy (non-hydrogen) atoms. The smallest absolute Gasteiger partial charge is 0.302 e. The van der Waals surface area contributed by atoms with Crippen molar-refractivity contribution in [3.05, 3.63) is 0 Å². The van der Waals surface area contributed by atoms with Gasteiger partial charge in [0.2, 0.25) is 0 Å². The Morgan fingerprint density at radius 1 is 1.03 bits per heavy atom. The first kappa shape index (κ1) is 23.5. The monoisotopic (exact) mass is 498 g/mol. The number of fused-ring (bicyclic) bond motifs is 5. The molecule has 0 radical (unpaired) electrons. The summed E-state index contributed by atoms with van der Waals surface area (Å²) in [5.41, 5.74) is -0.191. The Kier molecular flexibility index (Phi) is 6.08. The summed E-state index contributed by atoms with van der Waals surface area (Å²) in [7, 11) is 0. The number of alkyl halides is 1. The Morgan fingerprint density at radius 2 is 1.71 bits per heavy atom. The molecule has 4 aliphatic rings. The molecule has 176 valence electrons. The second-order valence-electron chi connectivity index (χ2n) is 11.4. The van der Waals surface area contributed by atoms with Crippen LogP contribution in [0.2, 0.25) is 0 Å². The third-order valence-electron chi connectivity index (χ3n) is 9.99. The topological polar surface area (TPSA) is 72.8 Å². The summed E-state index contributed by atoms with van der Waals surface area (Å²) in [6.45, 7) is 10.1. The fourth-order valence-corrected chi connectivity index (χ4v) is 10.7. The summed E-state index contributed by atoms with van der Waals surface area (Å²) >= 11 is 4.17. The van der Waals surface area contributed by atoms with Crippen LogP contribution in [0.5, 0.6) is 0 Å². The third-order valence-corrected chi connectivity index (χ3v) is 11.4. The molecular formula is C25H39BrO5. The van der Waals surface area contributed by atoms with E-state index >= 15 is 0 Å². The van der Waals surface area contributed by atoms with E-state index in [4.69, 9.17) is 9.47 Å². The number of hydrogen-bond donors (Lipinski definition) is 1. The molecule has 4 aliphatic carbocycles. The van der Waals surface area contributed by atoms with Crippen LogP contribution in [0.1, 0.15) is 79.6 Å². The predicted molar refractivity (Wildman–Crippen MR) is 122 cm³/mol. The van der Waals surface area contributed by atoms with Gasteiger partial charge in [-0.25, -0.2) is 0 Å². The van der Waals surface area contributed by atoms with E-state index in [0.717, 1.165) is 44.9 Å². The van der Waals surface area contributed by atoms with Crippen LogP contribution >= 0.6 is 15.9 Å². The van der Waals surface area contributed by atoms with Gasteiger partial charge in [0.1, 0.15) is 12.2 Å². The quantitative estimate of drug-likeness (QED) is 0.443. The van der Waals surface area contributed by atoms with Crippen molar-refractivity contribution in [1.82, 2.24) is 0 Å². The number of ether oxygens (including phenoxy) is 2. The maximum Gasteiger partial charge on any atom is 0.302 e. The Morgan fingerprint density at radius 3 is 2.32 bits per heavy atom. The van der Waals surface area contributed by atoms with E-state index in [2.05, 4.69) is 36.7 Å². The van der Waals surface area contributed by atoms with Gasteiger partial charge in [-0.2, -0.15) is 0 Å². The lowest BCUT2D eigenvalue weighted by atomic mass is 9.40. The molecule has 0 aliphatic heterocycles. The molecule has 4 saturated carbocycles. The van der Waals surface area contributed by atoms with Crippen LogP contribution in [0.25, 0.3) is 0 Å². The SMILES string of the molecule is CC(=O)O[C@H]1C[C@@H](C)[C@]2(CO)[C@H]3CC[C@]4(C)[C@@H](OC(C)=O)CC[C@H]4[C@@H]3[C@H](C)C[C@@]2(Br)C1. The molecule has 4 fully saturated rings. The summed E-state index contributed by atoms with van der Waals surface area (Å²) in [4.78, 5) is 23.4. The predicted octanol–water partition coefficient (Wildman–Crippen LogP) is 4.87. The van der Waals surface area contributed by atoms with E-state index < -0.39 is 0 Å². The van der Waals surface area contributed by atoms with Crippen LogP contribution in [-0.4, -0.2) is 40.2 Å². The molecule has 0 aromatic rings. The molecule has 4 rings (SSSR count). The third kappa shape index (κ3) is 3.41. The Labute approximate surface area is 195 Å². The molecule has 1 N–H and O–H groups in total. The van der Waals surface area contributed by atoms with E-state index in [1.807, 2.05) is 0 Å². The summed E-state index contributed by atoms with van der Waals surface area (Å²) in [6, 6.07) is 0. The van der Waals surface area contributed by atoms with Gasteiger partial charge in [0.15, 0.2) is 0 Å². The molecule has 0 heterocycles. The number of carbonyl (C=O) groups excluding carboxylic acids is 2. The van der Waals surface area contributed by atoms with Crippen molar-refractivity contribution in [3.8, 4) is 0 Å². The number of aliphatic hydroxyl groups is 1. The standard InChI is InChI=1S/C25H39BrO5/c1-14-11-24(26)12-18(30-16(3)28)10-15(2)25(24,13-27)20-8-9-23(5)19(22(14)20)6-7-21(23)31-17(4)29/h14-15,18-22,27H,6-13H2,1-5H3/t14-,15-,18+,19+,20+,21+,22+,23+,24-,25-/m1/s1. The number of aliphatic hydroxyl groups excluding tert-OH is 1. The average Bonchev–Trinajstić information content (AvgIpc) is 2.96. The lowest BCUT2D eigenvalue weighted by Gasteiger charge is -2.68. The van der Waals surface area contributed by atoms with Crippen LogP contribution in [-0.2, 0) is 19.1 Å². The molecule has 0 aromatic carbocycles. The minimum absolute atomic E-state index is 0.0148. The second-order valence-corrected chi connectivity index (χ2v) is 12.9. The summed E-state index contributed by atoms with van der Waals surface area (Å²) in [5.74, 6) is 1.81. The van der Waals surface area contributed by atoms with Gasteiger partial charge in [-0.05, 0) is 68.1 Å². The van der Waals surface area contributed by atoms with E-state index in [1.165, 1.54) is 13.8 Å². The van der Waals surface area contributed by atoms with E-state index in [0.29, 0.717) is 23.7 Å². The van der Waals surface area contributed by atoms with Gasteiger partial charge in [-0.3, -0.25) is 9.59 Å². The van der Waals surface area contributed by atoms with Crippen molar-refractivity contribution in [3.63, 3.8) is 0 Å².